The minimum atomic E-state index is 0.898. The van der Waals surface area contributed by atoms with E-state index in [0.717, 1.165) is 11.1 Å². The van der Waals surface area contributed by atoms with Crippen LogP contribution < -0.4 is 5.73 Å². The molecule has 0 unspecified atom stereocenters. The van der Waals surface area contributed by atoms with Gasteiger partial charge in [-0.3, -0.25) is 0 Å². The summed E-state index contributed by atoms with van der Waals surface area (Å²) in [4.78, 5) is 0. The molecule has 0 saturated carbocycles. The van der Waals surface area contributed by atoms with Gasteiger partial charge in [0.25, 0.3) is 0 Å². The Hall–Kier alpha value is -2.02. The third kappa shape index (κ3) is 1.47. The number of hydrogen-bond acceptors (Lipinski definition) is 1. The number of nitrogen functional groups attached to an aromatic ring is 1. The van der Waals surface area contributed by atoms with Gasteiger partial charge in [0.1, 0.15) is 0 Å². The molecule has 0 spiro atoms. The van der Waals surface area contributed by atoms with Crippen molar-refractivity contribution in [3.8, 4) is 0 Å². The topological polar surface area (TPSA) is 26.0 Å². The van der Waals surface area contributed by atoms with Crippen molar-refractivity contribution in [1.82, 2.24) is 0 Å². The summed E-state index contributed by atoms with van der Waals surface area (Å²) in [7, 11) is 0. The second-order valence-corrected chi connectivity index (χ2v) is 5.14. The van der Waals surface area contributed by atoms with Crippen LogP contribution >= 0.6 is 0 Å². The van der Waals surface area contributed by atoms with E-state index in [9.17, 15) is 0 Å². The Labute approximate surface area is 107 Å². The Morgan fingerprint density at radius 2 is 1.22 bits per heavy atom. The summed E-state index contributed by atoms with van der Waals surface area (Å²) in [6.45, 7) is 6.40. The van der Waals surface area contributed by atoms with E-state index in [-0.39, 0.29) is 0 Å². The highest BCUT2D eigenvalue weighted by Gasteiger charge is 2.09. The van der Waals surface area contributed by atoms with Crippen molar-refractivity contribution in [2.24, 2.45) is 0 Å². The Morgan fingerprint density at radius 3 is 1.89 bits per heavy atom. The van der Waals surface area contributed by atoms with E-state index in [1.165, 1.54) is 32.8 Å². The summed E-state index contributed by atoms with van der Waals surface area (Å²) < 4.78 is 0. The molecule has 1 heteroatoms. The maximum atomic E-state index is 6.34. The molecule has 3 rings (SSSR count). The number of fused-ring (bicyclic) bond motifs is 2. The van der Waals surface area contributed by atoms with Crippen molar-refractivity contribution in [2.45, 2.75) is 20.8 Å². The lowest BCUT2D eigenvalue weighted by Crippen LogP contribution is -1.93. The largest absolute Gasteiger partial charge is 0.398 e. The lowest BCUT2D eigenvalue weighted by Gasteiger charge is -2.13. The van der Waals surface area contributed by atoms with Crippen LogP contribution in [0.15, 0.2) is 36.4 Å². The molecule has 0 aromatic heterocycles. The third-order valence-corrected chi connectivity index (χ3v) is 3.74. The first-order valence-electron chi connectivity index (χ1n) is 6.26. The van der Waals surface area contributed by atoms with Crippen molar-refractivity contribution in [2.75, 3.05) is 5.73 Å². The molecule has 0 aliphatic carbocycles. The van der Waals surface area contributed by atoms with Gasteiger partial charge in [-0.05, 0) is 43.2 Å². The molecule has 0 aliphatic heterocycles. The highest BCUT2D eigenvalue weighted by atomic mass is 14.6. The average molecular weight is 235 g/mol. The van der Waals surface area contributed by atoms with E-state index in [1.807, 2.05) is 0 Å². The first kappa shape index (κ1) is 11.1. The van der Waals surface area contributed by atoms with Crippen LogP contribution in [0.4, 0.5) is 5.69 Å². The zero-order chi connectivity index (χ0) is 12.9. The number of hydrogen-bond donors (Lipinski definition) is 1. The summed E-state index contributed by atoms with van der Waals surface area (Å²) in [5.41, 5.74) is 11.1. The van der Waals surface area contributed by atoms with Crippen LogP contribution in [0.3, 0.4) is 0 Å². The lowest BCUT2D eigenvalue weighted by atomic mass is 9.94. The van der Waals surface area contributed by atoms with Crippen LogP contribution in [0.25, 0.3) is 21.5 Å². The third-order valence-electron chi connectivity index (χ3n) is 3.74. The Kier molecular flexibility index (Phi) is 2.30. The van der Waals surface area contributed by atoms with Gasteiger partial charge in [0, 0.05) is 16.5 Å². The molecule has 0 saturated heterocycles. The smallest absolute Gasteiger partial charge is 0.0473 e. The van der Waals surface area contributed by atoms with Crippen LogP contribution in [0.1, 0.15) is 16.7 Å². The molecule has 0 bridgehead atoms. The minimum Gasteiger partial charge on any atom is -0.398 e. The van der Waals surface area contributed by atoms with Crippen molar-refractivity contribution in [1.29, 1.82) is 0 Å². The predicted molar refractivity (Wildman–Crippen MR) is 80.1 cm³/mol. The van der Waals surface area contributed by atoms with Crippen LogP contribution in [0, 0.1) is 20.8 Å². The summed E-state index contributed by atoms with van der Waals surface area (Å²) >= 11 is 0. The number of benzene rings is 3. The van der Waals surface area contributed by atoms with Crippen LogP contribution in [-0.4, -0.2) is 0 Å². The van der Waals surface area contributed by atoms with Gasteiger partial charge in [-0.15, -0.1) is 0 Å². The molecular formula is C17H17N. The first-order chi connectivity index (χ1) is 8.58. The average Bonchev–Trinajstić information content (AvgIpc) is 2.36. The summed E-state index contributed by atoms with van der Waals surface area (Å²) in [5.74, 6) is 0. The SMILES string of the molecule is Cc1ccc2c(N)c3cc(C)ccc3c(C)c2c1. The zero-order valence-electron chi connectivity index (χ0n) is 11.0. The molecule has 0 amide bonds. The number of nitrogens with two attached hydrogens (primary N) is 1. The van der Waals surface area contributed by atoms with Gasteiger partial charge in [-0.1, -0.05) is 41.5 Å². The number of anilines is 1. The number of rotatable bonds is 0. The summed E-state index contributed by atoms with van der Waals surface area (Å²) in [5, 5.41) is 4.86. The van der Waals surface area contributed by atoms with Gasteiger partial charge in [-0.2, -0.15) is 0 Å². The van der Waals surface area contributed by atoms with Gasteiger partial charge >= 0.3 is 0 Å². The highest BCUT2D eigenvalue weighted by molar-refractivity contribution is 6.12. The van der Waals surface area contributed by atoms with E-state index in [1.54, 1.807) is 0 Å². The van der Waals surface area contributed by atoms with Gasteiger partial charge in [0.05, 0.1) is 0 Å². The van der Waals surface area contributed by atoms with Crippen LogP contribution in [0.2, 0.25) is 0 Å². The van der Waals surface area contributed by atoms with Crippen molar-refractivity contribution in [3.63, 3.8) is 0 Å². The second-order valence-electron chi connectivity index (χ2n) is 5.14. The van der Waals surface area contributed by atoms with Crippen molar-refractivity contribution < 1.29 is 0 Å². The van der Waals surface area contributed by atoms with E-state index >= 15 is 0 Å². The molecule has 18 heavy (non-hydrogen) atoms. The van der Waals surface area contributed by atoms with E-state index in [0.29, 0.717) is 0 Å². The van der Waals surface area contributed by atoms with E-state index in [2.05, 4.69) is 57.2 Å². The second kappa shape index (κ2) is 3.74. The van der Waals surface area contributed by atoms with Crippen LogP contribution in [0.5, 0.6) is 0 Å². The fourth-order valence-corrected chi connectivity index (χ4v) is 2.70. The number of aryl methyl sites for hydroxylation is 3. The molecule has 0 radical (unpaired) electrons. The molecule has 0 fully saturated rings. The predicted octanol–water partition coefficient (Wildman–Crippen LogP) is 4.50. The fourth-order valence-electron chi connectivity index (χ4n) is 2.70. The van der Waals surface area contributed by atoms with Gasteiger partial charge in [-0.25, -0.2) is 0 Å². The minimum absolute atomic E-state index is 0.898. The summed E-state index contributed by atoms with van der Waals surface area (Å²) in [6, 6.07) is 13.0. The van der Waals surface area contributed by atoms with Gasteiger partial charge in [0.2, 0.25) is 0 Å². The van der Waals surface area contributed by atoms with Crippen molar-refractivity contribution in [3.05, 3.63) is 53.1 Å². The fraction of sp³-hybridized carbons (Fsp3) is 0.176. The molecule has 0 atom stereocenters. The zero-order valence-corrected chi connectivity index (χ0v) is 11.0. The highest BCUT2D eigenvalue weighted by Crippen LogP contribution is 2.35. The standard InChI is InChI=1S/C17H17N/c1-10-5-7-14-15(8-10)12(3)13-6-4-11(2)9-16(13)17(14)18/h4-9H,18H2,1-3H3. The quantitative estimate of drug-likeness (QED) is 0.450. The Balaban J connectivity index is 2.60. The van der Waals surface area contributed by atoms with E-state index in [4.69, 9.17) is 5.73 Å². The van der Waals surface area contributed by atoms with Crippen LogP contribution in [-0.2, 0) is 0 Å². The molecule has 2 N–H and O–H groups in total. The molecule has 3 aromatic rings. The molecule has 0 heterocycles. The molecule has 90 valence electrons. The maximum absolute atomic E-state index is 6.34. The van der Waals surface area contributed by atoms with Crippen molar-refractivity contribution >= 4 is 27.2 Å². The molecular weight excluding hydrogens is 218 g/mol. The molecule has 3 aromatic carbocycles. The van der Waals surface area contributed by atoms with Gasteiger partial charge in [0.15, 0.2) is 0 Å². The monoisotopic (exact) mass is 235 g/mol. The van der Waals surface area contributed by atoms with Gasteiger partial charge < -0.3 is 5.73 Å². The Bertz CT molecular complexity index is 702. The molecule has 0 aliphatic rings. The van der Waals surface area contributed by atoms with E-state index < -0.39 is 0 Å². The first-order valence-corrected chi connectivity index (χ1v) is 6.26. The lowest BCUT2D eigenvalue weighted by molar-refractivity contribution is 1.47. The molecule has 1 nitrogen and oxygen atoms in total. The summed E-state index contributed by atoms with van der Waals surface area (Å²) in [6.07, 6.45) is 0. The normalized spacial score (nSPS) is 11.3. The maximum Gasteiger partial charge on any atom is 0.0473 e. The Morgan fingerprint density at radius 1 is 0.667 bits per heavy atom.